The largest absolute Gasteiger partial charge is 0.493 e. The van der Waals surface area contributed by atoms with Gasteiger partial charge in [-0.15, -0.1) is 0 Å². The van der Waals surface area contributed by atoms with Gasteiger partial charge in [-0.1, -0.05) is 23.2 Å². The maximum atomic E-state index is 8.87. The summed E-state index contributed by atoms with van der Waals surface area (Å²) >= 11 is 0. The first-order chi connectivity index (χ1) is 8.20. The van der Waals surface area contributed by atoms with E-state index in [9.17, 15) is 0 Å². The third kappa shape index (κ3) is 2.78. The van der Waals surface area contributed by atoms with Gasteiger partial charge in [-0.2, -0.15) is 0 Å². The summed E-state index contributed by atoms with van der Waals surface area (Å²) in [6.07, 6.45) is 3.87. The molecule has 0 heterocycles. The predicted octanol–water partition coefficient (Wildman–Crippen LogP) is 3.37. The summed E-state index contributed by atoms with van der Waals surface area (Å²) in [5, 5.41) is 12.1. The van der Waals surface area contributed by atoms with Crippen molar-refractivity contribution >= 4 is 5.71 Å². The molecule has 1 saturated carbocycles. The van der Waals surface area contributed by atoms with Gasteiger partial charge in [0.2, 0.25) is 0 Å². The first-order valence-electron chi connectivity index (χ1n) is 6.13. The molecule has 0 atom stereocenters. The summed E-state index contributed by atoms with van der Waals surface area (Å²) in [5.74, 6) is 1.52. The molecule has 1 aliphatic rings. The standard InChI is InChI=1S/C14H19NO2/c1-10-6-7-14(13(8-10)11(2)15-16)17-9-12-4-3-5-12/h6-8,12,16H,3-5,9H2,1-2H3. The lowest BCUT2D eigenvalue weighted by molar-refractivity contribution is 0.180. The first kappa shape index (κ1) is 12.0. The Kier molecular flexibility index (Phi) is 3.67. The second-order valence-corrected chi connectivity index (χ2v) is 4.79. The fraction of sp³-hybridized carbons (Fsp3) is 0.500. The summed E-state index contributed by atoms with van der Waals surface area (Å²) < 4.78 is 5.83. The van der Waals surface area contributed by atoms with Crippen LogP contribution in [0.25, 0.3) is 0 Å². The van der Waals surface area contributed by atoms with E-state index in [1.807, 2.05) is 25.1 Å². The maximum absolute atomic E-state index is 8.87. The van der Waals surface area contributed by atoms with Crippen LogP contribution >= 0.6 is 0 Å². The van der Waals surface area contributed by atoms with Crippen molar-refractivity contribution in [1.82, 2.24) is 0 Å². The second kappa shape index (κ2) is 5.21. The number of oxime groups is 1. The minimum atomic E-state index is 0.595. The van der Waals surface area contributed by atoms with Gasteiger partial charge in [0.05, 0.1) is 12.3 Å². The molecule has 2 rings (SSSR count). The van der Waals surface area contributed by atoms with Crippen LogP contribution in [0, 0.1) is 12.8 Å². The highest BCUT2D eigenvalue weighted by Crippen LogP contribution is 2.28. The minimum absolute atomic E-state index is 0.595. The van der Waals surface area contributed by atoms with E-state index in [1.165, 1.54) is 19.3 Å². The maximum Gasteiger partial charge on any atom is 0.128 e. The Morgan fingerprint density at radius 1 is 1.47 bits per heavy atom. The fourth-order valence-electron chi connectivity index (χ4n) is 1.97. The molecule has 92 valence electrons. The van der Waals surface area contributed by atoms with Gasteiger partial charge in [0.15, 0.2) is 0 Å². The Bertz CT molecular complexity index is 422. The monoisotopic (exact) mass is 233 g/mol. The highest BCUT2D eigenvalue weighted by Gasteiger charge is 2.18. The number of ether oxygens (including phenoxy) is 1. The molecule has 0 bridgehead atoms. The van der Waals surface area contributed by atoms with Crippen molar-refractivity contribution in [3.63, 3.8) is 0 Å². The lowest BCUT2D eigenvalue weighted by Crippen LogP contribution is -2.20. The van der Waals surface area contributed by atoms with Crippen LogP contribution in [0.2, 0.25) is 0 Å². The summed E-state index contributed by atoms with van der Waals surface area (Å²) in [6.45, 7) is 4.57. The average Bonchev–Trinajstić information content (AvgIpc) is 2.27. The van der Waals surface area contributed by atoms with Crippen LogP contribution in [0.5, 0.6) is 5.75 Å². The summed E-state index contributed by atoms with van der Waals surface area (Å²) in [4.78, 5) is 0. The molecule has 0 aliphatic heterocycles. The van der Waals surface area contributed by atoms with E-state index in [0.717, 1.165) is 23.5 Å². The summed E-state index contributed by atoms with van der Waals surface area (Å²) in [7, 11) is 0. The number of nitrogens with zero attached hydrogens (tertiary/aromatic N) is 1. The van der Waals surface area contributed by atoms with Crippen LogP contribution in [-0.2, 0) is 0 Å². The molecule has 1 aliphatic carbocycles. The predicted molar refractivity (Wildman–Crippen MR) is 68.0 cm³/mol. The zero-order valence-electron chi connectivity index (χ0n) is 10.4. The van der Waals surface area contributed by atoms with E-state index in [0.29, 0.717) is 11.6 Å². The Morgan fingerprint density at radius 2 is 2.24 bits per heavy atom. The topological polar surface area (TPSA) is 41.8 Å². The smallest absolute Gasteiger partial charge is 0.128 e. The summed E-state index contributed by atoms with van der Waals surface area (Å²) in [5.41, 5.74) is 2.61. The fourth-order valence-corrected chi connectivity index (χ4v) is 1.97. The molecule has 1 aromatic rings. The van der Waals surface area contributed by atoms with Crippen molar-refractivity contribution in [3.8, 4) is 5.75 Å². The Morgan fingerprint density at radius 3 is 2.82 bits per heavy atom. The van der Waals surface area contributed by atoms with Crippen LogP contribution in [-0.4, -0.2) is 17.5 Å². The van der Waals surface area contributed by atoms with Gasteiger partial charge in [-0.3, -0.25) is 0 Å². The third-order valence-corrected chi connectivity index (χ3v) is 3.37. The molecule has 0 unspecified atom stereocenters. The van der Waals surface area contributed by atoms with Crippen molar-refractivity contribution in [3.05, 3.63) is 29.3 Å². The van der Waals surface area contributed by atoms with Crippen LogP contribution in [0.15, 0.2) is 23.4 Å². The minimum Gasteiger partial charge on any atom is -0.493 e. The molecule has 1 aromatic carbocycles. The molecule has 3 heteroatoms. The van der Waals surface area contributed by atoms with Crippen molar-refractivity contribution < 1.29 is 9.94 Å². The molecule has 17 heavy (non-hydrogen) atoms. The van der Waals surface area contributed by atoms with Gasteiger partial charge >= 0.3 is 0 Å². The normalized spacial score (nSPS) is 16.7. The van der Waals surface area contributed by atoms with E-state index in [1.54, 1.807) is 6.92 Å². The van der Waals surface area contributed by atoms with Crippen molar-refractivity contribution in [2.75, 3.05) is 6.61 Å². The number of aryl methyl sites for hydroxylation is 1. The van der Waals surface area contributed by atoms with Gasteiger partial charge in [-0.05, 0) is 44.7 Å². The molecule has 1 fully saturated rings. The van der Waals surface area contributed by atoms with Gasteiger partial charge in [0.1, 0.15) is 5.75 Å². The first-order valence-corrected chi connectivity index (χ1v) is 6.13. The van der Waals surface area contributed by atoms with Gasteiger partial charge in [-0.25, -0.2) is 0 Å². The van der Waals surface area contributed by atoms with Crippen LogP contribution in [0.1, 0.15) is 37.3 Å². The number of rotatable bonds is 4. The zero-order valence-corrected chi connectivity index (χ0v) is 10.4. The highest BCUT2D eigenvalue weighted by atomic mass is 16.5. The molecular weight excluding hydrogens is 214 g/mol. The average molecular weight is 233 g/mol. The molecular formula is C14H19NO2. The quantitative estimate of drug-likeness (QED) is 0.492. The van der Waals surface area contributed by atoms with Crippen molar-refractivity contribution in [1.29, 1.82) is 0 Å². The molecule has 3 nitrogen and oxygen atoms in total. The Hall–Kier alpha value is -1.51. The Labute approximate surface area is 102 Å². The molecule has 0 aromatic heterocycles. The zero-order chi connectivity index (χ0) is 12.3. The van der Waals surface area contributed by atoms with Gasteiger partial charge in [0, 0.05) is 5.56 Å². The van der Waals surface area contributed by atoms with E-state index in [4.69, 9.17) is 9.94 Å². The molecule has 0 saturated heterocycles. The number of hydrogen-bond donors (Lipinski definition) is 1. The SMILES string of the molecule is CC(=NO)c1cc(C)ccc1OCC1CCC1. The van der Waals surface area contributed by atoms with Crippen molar-refractivity contribution in [2.45, 2.75) is 33.1 Å². The van der Waals surface area contributed by atoms with E-state index in [2.05, 4.69) is 5.16 Å². The van der Waals surface area contributed by atoms with Crippen LogP contribution in [0.3, 0.4) is 0 Å². The van der Waals surface area contributed by atoms with Crippen LogP contribution < -0.4 is 4.74 Å². The van der Waals surface area contributed by atoms with Gasteiger partial charge < -0.3 is 9.94 Å². The molecule has 0 amide bonds. The number of hydrogen-bond acceptors (Lipinski definition) is 3. The summed E-state index contributed by atoms with van der Waals surface area (Å²) in [6, 6.07) is 5.97. The number of benzene rings is 1. The molecule has 0 radical (unpaired) electrons. The molecule has 1 N–H and O–H groups in total. The third-order valence-electron chi connectivity index (χ3n) is 3.37. The van der Waals surface area contributed by atoms with Crippen LogP contribution in [0.4, 0.5) is 0 Å². The lowest BCUT2D eigenvalue weighted by Gasteiger charge is -2.25. The van der Waals surface area contributed by atoms with E-state index in [-0.39, 0.29) is 0 Å². The van der Waals surface area contributed by atoms with Crippen molar-refractivity contribution in [2.24, 2.45) is 11.1 Å². The molecule has 0 spiro atoms. The second-order valence-electron chi connectivity index (χ2n) is 4.79. The highest BCUT2D eigenvalue weighted by molar-refractivity contribution is 6.00. The lowest BCUT2D eigenvalue weighted by atomic mass is 9.86. The van der Waals surface area contributed by atoms with E-state index < -0.39 is 0 Å². The Balaban J connectivity index is 2.13. The van der Waals surface area contributed by atoms with Gasteiger partial charge in [0.25, 0.3) is 0 Å². The van der Waals surface area contributed by atoms with E-state index >= 15 is 0 Å².